The Balaban J connectivity index is 1.66. The highest BCUT2D eigenvalue weighted by molar-refractivity contribution is 5.97. The zero-order valence-corrected chi connectivity index (χ0v) is 13.1. The summed E-state index contributed by atoms with van der Waals surface area (Å²) >= 11 is 0. The molecule has 1 aliphatic carbocycles. The molecule has 0 aromatic rings. The lowest BCUT2D eigenvalue weighted by atomic mass is 9.83. The number of nitrogens with one attached hydrogen (secondary N) is 1. The maximum Gasteiger partial charge on any atom is 0.245 e. The van der Waals surface area contributed by atoms with Gasteiger partial charge in [-0.25, -0.2) is 0 Å². The Morgan fingerprint density at radius 1 is 1.19 bits per heavy atom. The molecule has 1 saturated carbocycles. The summed E-state index contributed by atoms with van der Waals surface area (Å²) in [5.74, 6) is -0.0831. The van der Waals surface area contributed by atoms with Crippen LogP contribution >= 0.6 is 0 Å². The largest absolute Gasteiger partial charge is 0.370 e. The molecule has 2 saturated heterocycles. The van der Waals surface area contributed by atoms with E-state index in [1.807, 2.05) is 13.8 Å². The Morgan fingerprint density at radius 3 is 2.62 bits per heavy atom. The van der Waals surface area contributed by atoms with Crippen molar-refractivity contribution in [3.8, 4) is 0 Å². The van der Waals surface area contributed by atoms with Gasteiger partial charge in [0.25, 0.3) is 0 Å². The van der Waals surface area contributed by atoms with Gasteiger partial charge in [-0.15, -0.1) is 0 Å². The summed E-state index contributed by atoms with van der Waals surface area (Å²) in [5.41, 5.74) is -0.713. The van der Waals surface area contributed by atoms with Gasteiger partial charge in [0, 0.05) is 6.54 Å². The van der Waals surface area contributed by atoms with Gasteiger partial charge in [0.1, 0.15) is 5.54 Å². The second kappa shape index (κ2) is 5.27. The molecule has 0 radical (unpaired) electrons. The molecule has 2 heterocycles. The van der Waals surface area contributed by atoms with E-state index in [2.05, 4.69) is 5.32 Å². The Kier molecular flexibility index (Phi) is 3.72. The number of carbonyl (C=O) groups excluding carboxylic acids is 2. The lowest BCUT2D eigenvalue weighted by molar-refractivity contribution is -0.155. The van der Waals surface area contributed by atoms with Gasteiger partial charge in [-0.1, -0.05) is 19.3 Å². The number of amides is 2. The monoisotopic (exact) mass is 294 g/mol. The number of nitrogens with zero attached hydrogens (tertiary/aromatic N) is 1. The first-order valence-electron chi connectivity index (χ1n) is 8.20. The highest BCUT2D eigenvalue weighted by Crippen LogP contribution is 2.42. The van der Waals surface area contributed by atoms with E-state index >= 15 is 0 Å². The fourth-order valence-corrected chi connectivity index (χ4v) is 4.02. The van der Waals surface area contributed by atoms with Crippen molar-refractivity contribution >= 4 is 11.8 Å². The average Bonchev–Trinajstić information content (AvgIpc) is 2.83. The highest BCUT2D eigenvalue weighted by Gasteiger charge is 2.46. The number of carbonyl (C=O) groups is 2. The smallest absolute Gasteiger partial charge is 0.245 e. The van der Waals surface area contributed by atoms with E-state index < -0.39 is 5.54 Å². The SMILES string of the molecule is CC1(C)C(=O)NCC(=O)N1CC1CCC2(CCCCC2)O1. The van der Waals surface area contributed by atoms with Gasteiger partial charge in [0.05, 0.1) is 18.2 Å². The Bertz CT molecular complexity index is 441. The quantitative estimate of drug-likeness (QED) is 0.841. The van der Waals surface area contributed by atoms with E-state index in [0.717, 1.165) is 25.7 Å². The van der Waals surface area contributed by atoms with Crippen molar-refractivity contribution in [3.63, 3.8) is 0 Å². The maximum atomic E-state index is 12.2. The minimum atomic E-state index is -0.777. The number of piperazine rings is 1. The van der Waals surface area contributed by atoms with Crippen molar-refractivity contribution in [2.24, 2.45) is 0 Å². The fourth-order valence-electron chi connectivity index (χ4n) is 4.02. The normalized spacial score (nSPS) is 31.5. The Morgan fingerprint density at radius 2 is 1.90 bits per heavy atom. The van der Waals surface area contributed by atoms with Gasteiger partial charge in [-0.2, -0.15) is 0 Å². The van der Waals surface area contributed by atoms with E-state index in [0.29, 0.717) is 6.54 Å². The number of ether oxygens (including phenoxy) is 1. The molecule has 1 N–H and O–H groups in total. The maximum absolute atomic E-state index is 12.2. The van der Waals surface area contributed by atoms with Crippen LogP contribution in [0.4, 0.5) is 0 Å². The minimum absolute atomic E-state index is 0.00667. The molecule has 1 spiro atoms. The number of rotatable bonds is 2. The third kappa shape index (κ3) is 2.68. The molecule has 0 bridgehead atoms. The van der Waals surface area contributed by atoms with Crippen LogP contribution in [0.1, 0.15) is 58.8 Å². The molecule has 118 valence electrons. The van der Waals surface area contributed by atoms with E-state index in [1.165, 1.54) is 19.3 Å². The van der Waals surface area contributed by atoms with Gasteiger partial charge in [-0.05, 0) is 39.5 Å². The van der Waals surface area contributed by atoms with Crippen LogP contribution in [-0.2, 0) is 14.3 Å². The lowest BCUT2D eigenvalue weighted by Gasteiger charge is -2.42. The third-order valence-electron chi connectivity index (χ3n) is 5.42. The van der Waals surface area contributed by atoms with E-state index in [1.54, 1.807) is 4.90 Å². The van der Waals surface area contributed by atoms with E-state index in [9.17, 15) is 9.59 Å². The molecule has 1 unspecified atom stereocenters. The molecule has 3 fully saturated rings. The van der Waals surface area contributed by atoms with E-state index in [-0.39, 0.29) is 30.1 Å². The first-order valence-corrected chi connectivity index (χ1v) is 8.20. The second-order valence-corrected chi connectivity index (χ2v) is 7.27. The van der Waals surface area contributed by atoms with Crippen molar-refractivity contribution in [3.05, 3.63) is 0 Å². The first-order chi connectivity index (χ1) is 9.93. The van der Waals surface area contributed by atoms with Crippen molar-refractivity contribution in [1.29, 1.82) is 0 Å². The van der Waals surface area contributed by atoms with Crippen LogP contribution in [0, 0.1) is 0 Å². The van der Waals surface area contributed by atoms with Crippen molar-refractivity contribution in [2.45, 2.75) is 76.0 Å². The number of hydrogen-bond acceptors (Lipinski definition) is 3. The summed E-state index contributed by atoms with van der Waals surface area (Å²) in [7, 11) is 0. The van der Waals surface area contributed by atoms with Crippen LogP contribution in [0.3, 0.4) is 0 Å². The number of hydrogen-bond donors (Lipinski definition) is 1. The summed E-state index contributed by atoms with van der Waals surface area (Å²) in [6.07, 6.45) is 8.31. The second-order valence-electron chi connectivity index (χ2n) is 7.27. The summed E-state index contributed by atoms with van der Waals surface area (Å²) in [6, 6.07) is 0. The zero-order chi connectivity index (χ0) is 15.1. The Labute approximate surface area is 126 Å². The lowest BCUT2D eigenvalue weighted by Crippen LogP contribution is -2.65. The van der Waals surface area contributed by atoms with Crippen LogP contribution in [-0.4, -0.2) is 47.0 Å². The molecule has 5 heteroatoms. The minimum Gasteiger partial charge on any atom is -0.370 e. The molecule has 5 nitrogen and oxygen atoms in total. The first kappa shape index (κ1) is 14.8. The molecule has 0 aromatic heterocycles. The molecule has 0 aromatic carbocycles. The predicted octanol–water partition coefficient (Wildman–Crippen LogP) is 1.61. The topological polar surface area (TPSA) is 58.6 Å². The van der Waals surface area contributed by atoms with Crippen molar-refractivity contribution in [2.75, 3.05) is 13.1 Å². The summed E-state index contributed by atoms with van der Waals surface area (Å²) in [6.45, 7) is 4.27. The van der Waals surface area contributed by atoms with Crippen LogP contribution in [0.5, 0.6) is 0 Å². The molecule has 3 aliphatic rings. The molecule has 2 aliphatic heterocycles. The third-order valence-corrected chi connectivity index (χ3v) is 5.42. The predicted molar refractivity (Wildman–Crippen MR) is 78.7 cm³/mol. The highest BCUT2D eigenvalue weighted by atomic mass is 16.5. The van der Waals surface area contributed by atoms with Crippen LogP contribution in [0.2, 0.25) is 0 Å². The van der Waals surface area contributed by atoms with Crippen LogP contribution in [0.25, 0.3) is 0 Å². The summed E-state index contributed by atoms with van der Waals surface area (Å²) in [4.78, 5) is 25.9. The Hall–Kier alpha value is -1.10. The zero-order valence-electron chi connectivity index (χ0n) is 13.1. The van der Waals surface area contributed by atoms with Gasteiger partial charge in [-0.3, -0.25) is 9.59 Å². The standard InChI is InChI=1S/C16H26N2O3/c1-15(2)14(20)17-10-13(19)18(15)11-12-6-9-16(21-12)7-4-3-5-8-16/h12H,3-11H2,1-2H3,(H,17,20). The molecular weight excluding hydrogens is 268 g/mol. The summed E-state index contributed by atoms with van der Waals surface area (Å²) < 4.78 is 6.34. The molecule has 21 heavy (non-hydrogen) atoms. The van der Waals surface area contributed by atoms with Crippen LogP contribution < -0.4 is 5.32 Å². The van der Waals surface area contributed by atoms with E-state index in [4.69, 9.17) is 4.74 Å². The van der Waals surface area contributed by atoms with Gasteiger partial charge in [0.15, 0.2) is 0 Å². The molecule has 1 atom stereocenters. The molecule has 3 rings (SSSR count). The van der Waals surface area contributed by atoms with Crippen LogP contribution in [0.15, 0.2) is 0 Å². The van der Waals surface area contributed by atoms with Gasteiger partial charge < -0.3 is 15.0 Å². The van der Waals surface area contributed by atoms with Gasteiger partial charge >= 0.3 is 0 Å². The fraction of sp³-hybridized carbons (Fsp3) is 0.875. The summed E-state index contributed by atoms with van der Waals surface area (Å²) in [5, 5.41) is 2.66. The molecular formula is C16H26N2O3. The van der Waals surface area contributed by atoms with Crippen molar-refractivity contribution in [1.82, 2.24) is 10.2 Å². The van der Waals surface area contributed by atoms with Crippen molar-refractivity contribution < 1.29 is 14.3 Å². The molecule has 2 amide bonds. The average molecular weight is 294 g/mol. The van der Waals surface area contributed by atoms with Gasteiger partial charge in [0.2, 0.25) is 11.8 Å².